The molecule has 1 N–H and O–H groups in total. The molecule has 8 aromatic carbocycles. The molecular weight excluding hydrogens is 717 g/mol. The van der Waals surface area contributed by atoms with E-state index in [2.05, 4.69) is 162 Å². The molecule has 0 saturated carbocycles. The molecule has 3 heterocycles. The highest BCUT2D eigenvalue weighted by molar-refractivity contribution is 7.25. The van der Waals surface area contributed by atoms with Crippen LogP contribution >= 0.6 is 11.3 Å². The first-order chi connectivity index (χ1) is 28.2. The Morgan fingerprint density at radius 1 is 0.474 bits per heavy atom. The van der Waals surface area contributed by atoms with Crippen LogP contribution in [0.5, 0.6) is 0 Å². The molecule has 270 valence electrons. The molecule has 2 aromatic heterocycles. The molecule has 0 radical (unpaired) electrons. The van der Waals surface area contributed by atoms with Gasteiger partial charge in [-0.2, -0.15) is 0 Å². The lowest BCUT2D eigenvalue weighted by Gasteiger charge is -2.26. The Morgan fingerprint density at radius 3 is 1.86 bits per heavy atom. The van der Waals surface area contributed by atoms with Crippen molar-refractivity contribution in [3.63, 3.8) is 0 Å². The van der Waals surface area contributed by atoms with Crippen molar-refractivity contribution in [1.29, 1.82) is 0 Å². The number of anilines is 3. The van der Waals surface area contributed by atoms with Gasteiger partial charge in [-0.1, -0.05) is 140 Å². The quantitative estimate of drug-likeness (QED) is 0.176. The van der Waals surface area contributed by atoms with Crippen LogP contribution in [0, 0.1) is 0 Å². The number of rotatable bonds is 7. The Morgan fingerprint density at radius 2 is 1.09 bits per heavy atom. The smallest absolute Gasteiger partial charge is 0.159 e. The SMILES string of the molecule is c1ccc(C2=NC(c3cccc4oc5cc(N(c6ccc(-c7ccccc7)cc6)c6ccc7c(c6)sc6ccccc67)ccc5c34)NC(c3ccccc3)=N2)cc1. The summed E-state index contributed by atoms with van der Waals surface area (Å²) in [5, 5.41) is 8.29. The first-order valence-corrected chi connectivity index (χ1v) is 19.9. The first-order valence-electron chi connectivity index (χ1n) is 19.1. The molecule has 57 heavy (non-hydrogen) atoms. The lowest BCUT2D eigenvalue weighted by atomic mass is 10.0. The van der Waals surface area contributed by atoms with Crippen LogP contribution in [0.4, 0.5) is 17.1 Å². The predicted molar refractivity (Wildman–Crippen MR) is 239 cm³/mol. The highest BCUT2D eigenvalue weighted by Crippen LogP contribution is 2.43. The van der Waals surface area contributed by atoms with Crippen LogP contribution in [0.25, 0.3) is 53.2 Å². The highest BCUT2D eigenvalue weighted by Gasteiger charge is 2.25. The fraction of sp³-hybridized carbons (Fsp3) is 0.0196. The Balaban J connectivity index is 1.04. The second-order valence-corrected chi connectivity index (χ2v) is 15.3. The van der Waals surface area contributed by atoms with E-state index in [-0.39, 0.29) is 6.17 Å². The second-order valence-electron chi connectivity index (χ2n) is 14.2. The van der Waals surface area contributed by atoms with E-state index >= 15 is 0 Å². The van der Waals surface area contributed by atoms with Gasteiger partial charge in [-0.25, -0.2) is 9.98 Å². The summed E-state index contributed by atoms with van der Waals surface area (Å²) in [5.41, 5.74) is 10.1. The molecule has 0 fully saturated rings. The zero-order chi connectivity index (χ0) is 37.7. The van der Waals surface area contributed by atoms with Crippen LogP contribution in [0.15, 0.2) is 209 Å². The lowest BCUT2D eigenvalue weighted by molar-refractivity contribution is 0.662. The Labute approximate surface area is 333 Å². The standard InChI is InChI=1S/C51H34N4OS/c1-4-13-33(14-5-1)34-23-25-37(26-24-34)55(39-27-29-41-40-19-10-11-22-46(40)57-47(41)32-39)38-28-30-42-45(31-38)56-44-21-12-20-43(48(42)44)51-53-49(35-15-6-2-7-16-35)52-50(54-51)36-17-8-3-9-18-36/h1-32,51H,(H,52,53,54). The van der Waals surface area contributed by atoms with Gasteiger partial charge in [0, 0.05) is 70.8 Å². The van der Waals surface area contributed by atoms with Crippen LogP contribution in [0.2, 0.25) is 0 Å². The third-order valence-electron chi connectivity index (χ3n) is 10.7. The van der Waals surface area contributed by atoms with E-state index in [1.54, 1.807) is 0 Å². The first kappa shape index (κ1) is 33.1. The molecular formula is C51H34N4OS. The summed E-state index contributed by atoms with van der Waals surface area (Å²) >= 11 is 1.83. The van der Waals surface area contributed by atoms with Gasteiger partial charge in [-0.3, -0.25) is 0 Å². The maximum atomic E-state index is 6.73. The van der Waals surface area contributed by atoms with Gasteiger partial charge < -0.3 is 14.6 Å². The molecule has 1 aliphatic rings. The number of hydrogen-bond donors (Lipinski definition) is 1. The van der Waals surface area contributed by atoms with E-state index in [0.29, 0.717) is 5.84 Å². The van der Waals surface area contributed by atoms with E-state index in [0.717, 1.165) is 61.5 Å². The van der Waals surface area contributed by atoms with Gasteiger partial charge in [0.25, 0.3) is 0 Å². The Hall–Kier alpha value is -7.28. The minimum absolute atomic E-state index is 0.384. The van der Waals surface area contributed by atoms with E-state index in [1.165, 1.54) is 31.3 Å². The van der Waals surface area contributed by atoms with Crippen molar-refractivity contribution in [2.75, 3.05) is 4.90 Å². The van der Waals surface area contributed by atoms with E-state index in [4.69, 9.17) is 14.4 Å². The largest absolute Gasteiger partial charge is 0.456 e. The number of amidine groups is 2. The molecule has 1 unspecified atom stereocenters. The Bertz CT molecular complexity index is 3150. The maximum absolute atomic E-state index is 6.73. The fourth-order valence-electron chi connectivity index (χ4n) is 8.01. The van der Waals surface area contributed by atoms with Gasteiger partial charge in [-0.05, 0) is 59.7 Å². The van der Waals surface area contributed by atoms with Gasteiger partial charge in [0.15, 0.2) is 5.84 Å². The molecule has 0 saturated heterocycles. The van der Waals surface area contributed by atoms with Gasteiger partial charge >= 0.3 is 0 Å². The molecule has 0 spiro atoms. The Kier molecular flexibility index (Phi) is 8.00. The number of thiophene rings is 1. The fourth-order valence-corrected chi connectivity index (χ4v) is 9.15. The molecule has 0 bridgehead atoms. The summed E-state index contributed by atoms with van der Waals surface area (Å²) in [4.78, 5) is 12.5. The third-order valence-corrected chi connectivity index (χ3v) is 11.9. The monoisotopic (exact) mass is 750 g/mol. The van der Waals surface area contributed by atoms with E-state index in [1.807, 2.05) is 53.8 Å². The summed E-state index contributed by atoms with van der Waals surface area (Å²) in [5.74, 6) is 1.47. The van der Waals surface area contributed by atoms with Crippen LogP contribution in [-0.4, -0.2) is 11.7 Å². The van der Waals surface area contributed by atoms with Gasteiger partial charge in [0.1, 0.15) is 23.2 Å². The minimum Gasteiger partial charge on any atom is -0.456 e. The zero-order valence-corrected chi connectivity index (χ0v) is 31.5. The summed E-state index contributed by atoms with van der Waals surface area (Å²) in [7, 11) is 0. The maximum Gasteiger partial charge on any atom is 0.159 e. The average molecular weight is 751 g/mol. The molecule has 11 rings (SSSR count). The molecule has 5 nitrogen and oxygen atoms in total. The molecule has 0 aliphatic carbocycles. The van der Waals surface area contributed by atoms with Crippen LogP contribution in [0.3, 0.4) is 0 Å². The van der Waals surface area contributed by atoms with Crippen molar-refractivity contribution in [3.05, 3.63) is 211 Å². The minimum atomic E-state index is -0.384. The molecule has 10 aromatic rings. The normalized spacial score (nSPS) is 14.1. The number of aliphatic imine (C=N–C) groups is 2. The highest BCUT2D eigenvalue weighted by atomic mass is 32.1. The number of furan rings is 1. The van der Waals surface area contributed by atoms with Crippen LogP contribution in [0.1, 0.15) is 22.9 Å². The van der Waals surface area contributed by atoms with E-state index < -0.39 is 0 Å². The molecule has 1 aliphatic heterocycles. The molecule has 1 atom stereocenters. The number of benzene rings is 8. The van der Waals surface area contributed by atoms with E-state index in [9.17, 15) is 0 Å². The van der Waals surface area contributed by atoms with Gasteiger partial charge in [0.2, 0.25) is 0 Å². The summed E-state index contributed by atoms with van der Waals surface area (Å²) in [6.07, 6.45) is -0.384. The third kappa shape index (κ3) is 5.95. The summed E-state index contributed by atoms with van der Waals surface area (Å²) < 4.78 is 9.27. The molecule has 0 amide bonds. The zero-order valence-electron chi connectivity index (χ0n) is 30.7. The topological polar surface area (TPSA) is 53.1 Å². The second kappa shape index (κ2) is 13.8. The van der Waals surface area contributed by atoms with Crippen LogP contribution < -0.4 is 10.2 Å². The predicted octanol–water partition coefficient (Wildman–Crippen LogP) is 13.6. The lowest BCUT2D eigenvalue weighted by Crippen LogP contribution is -2.33. The van der Waals surface area contributed by atoms with Crippen LogP contribution in [-0.2, 0) is 0 Å². The average Bonchev–Trinajstić information content (AvgIpc) is 3.85. The number of fused-ring (bicyclic) bond motifs is 6. The number of nitrogens with zero attached hydrogens (tertiary/aromatic N) is 3. The molecule has 6 heteroatoms. The van der Waals surface area contributed by atoms with Crippen molar-refractivity contribution >= 4 is 82.2 Å². The van der Waals surface area contributed by atoms with Crippen molar-refractivity contribution in [2.24, 2.45) is 9.98 Å². The number of hydrogen-bond acceptors (Lipinski definition) is 6. The summed E-state index contributed by atoms with van der Waals surface area (Å²) in [6.45, 7) is 0. The van der Waals surface area contributed by atoms with Crippen molar-refractivity contribution in [1.82, 2.24) is 5.32 Å². The summed E-state index contributed by atoms with van der Waals surface area (Å²) in [6, 6.07) is 68.0. The van der Waals surface area contributed by atoms with Gasteiger partial charge in [-0.15, -0.1) is 11.3 Å². The van der Waals surface area contributed by atoms with Crippen molar-refractivity contribution < 1.29 is 4.42 Å². The van der Waals surface area contributed by atoms with Gasteiger partial charge in [0.05, 0.1) is 0 Å². The van der Waals surface area contributed by atoms with Crippen molar-refractivity contribution in [3.8, 4) is 11.1 Å². The number of nitrogens with one attached hydrogen (secondary N) is 1. The van der Waals surface area contributed by atoms with Crippen molar-refractivity contribution in [2.45, 2.75) is 6.17 Å².